The van der Waals surface area contributed by atoms with E-state index in [9.17, 15) is 13.6 Å². The molecule has 0 aromatic heterocycles. The fourth-order valence-electron chi connectivity index (χ4n) is 1.29. The molecule has 18 heavy (non-hydrogen) atoms. The fourth-order valence-corrected chi connectivity index (χ4v) is 2.48. The van der Waals surface area contributed by atoms with Gasteiger partial charge in [0.05, 0.1) is 32.1 Å². The minimum Gasteiger partial charge on any atom is -0.481 e. The third-order valence-electron chi connectivity index (χ3n) is 2.13. The lowest BCUT2D eigenvalue weighted by Gasteiger charge is -2.19. The van der Waals surface area contributed by atoms with E-state index in [1.54, 1.807) is 0 Å². The summed E-state index contributed by atoms with van der Waals surface area (Å²) in [5.41, 5.74) is -0.707. The van der Waals surface area contributed by atoms with Crippen molar-refractivity contribution in [2.75, 3.05) is 0 Å². The molecule has 100 valence electrons. The van der Waals surface area contributed by atoms with Gasteiger partial charge in [0, 0.05) is 6.42 Å². The highest BCUT2D eigenvalue weighted by molar-refractivity contribution is 6.49. The number of rotatable bonds is 4. The molecular weight excluding hydrogens is 332 g/mol. The minimum absolute atomic E-state index is 0.0514. The number of carboxylic acids is 1. The van der Waals surface area contributed by atoms with E-state index in [0.29, 0.717) is 0 Å². The highest BCUT2D eigenvalue weighted by atomic mass is 35.5. The van der Waals surface area contributed by atoms with Crippen molar-refractivity contribution < 1.29 is 18.7 Å². The van der Waals surface area contributed by atoms with Crippen molar-refractivity contribution in [3.8, 4) is 0 Å². The Balaban J connectivity index is 3.23. The Bertz CT molecular complexity index is 491. The van der Waals surface area contributed by atoms with Crippen LogP contribution in [-0.4, -0.2) is 11.1 Å². The summed E-state index contributed by atoms with van der Waals surface area (Å²) in [5.74, 6) is -4.84. The van der Waals surface area contributed by atoms with Gasteiger partial charge >= 0.3 is 5.97 Å². The number of benzene rings is 1. The normalized spacial score (nSPS) is 11.7. The molecule has 8 heteroatoms. The van der Waals surface area contributed by atoms with Crippen molar-refractivity contribution in [3.63, 3.8) is 0 Å². The summed E-state index contributed by atoms with van der Waals surface area (Å²) in [6, 6.07) is 1.04. The molecule has 0 saturated heterocycles. The Morgan fingerprint density at radius 1 is 1.17 bits per heavy atom. The third kappa shape index (κ3) is 3.38. The van der Waals surface area contributed by atoms with Gasteiger partial charge in [0.2, 0.25) is 0 Å². The molecule has 1 rings (SSSR count). The van der Waals surface area contributed by atoms with E-state index in [4.69, 9.17) is 51.5 Å². The quantitative estimate of drug-likeness (QED) is 0.601. The van der Waals surface area contributed by atoms with E-state index in [-0.39, 0.29) is 15.1 Å². The average molecular weight is 338 g/mol. The highest BCUT2D eigenvalue weighted by Gasteiger charge is 2.37. The topological polar surface area (TPSA) is 37.3 Å². The summed E-state index contributed by atoms with van der Waals surface area (Å²) in [7, 11) is 0. The minimum atomic E-state index is -3.50. The first-order valence-electron chi connectivity index (χ1n) is 4.60. The number of hydrogen-bond donors (Lipinski definition) is 1. The predicted octanol–water partition coefficient (Wildman–Crippen LogP) is 5.26. The van der Waals surface area contributed by atoms with Gasteiger partial charge in [0.15, 0.2) is 0 Å². The van der Waals surface area contributed by atoms with Crippen LogP contribution in [0.4, 0.5) is 8.78 Å². The second kappa shape index (κ2) is 5.78. The van der Waals surface area contributed by atoms with Crippen LogP contribution in [0.15, 0.2) is 6.07 Å². The molecule has 0 spiro atoms. The lowest BCUT2D eigenvalue weighted by Crippen LogP contribution is -2.17. The van der Waals surface area contributed by atoms with Gasteiger partial charge in [-0.3, -0.25) is 4.79 Å². The maximum atomic E-state index is 13.8. The Kier molecular flexibility index (Phi) is 5.06. The second-order valence-electron chi connectivity index (χ2n) is 3.44. The Hall–Kier alpha value is -0.290. The van der Waals surface area contributed by atoms with E-state index < -0.39 is 35.3 Å². The standard InChI is InChI=1S/C10H6Cl4F2O2/c11-4-3-5(12)8(13)9(14)7(4)10(15,16)2-1-6(17)18/h3H,1-2H2,(H,17,18). The molecule has 0 radical (unpaired) electrons. The molecule has 1 aromatic rings. The molecule has 2 nitrogen and oxygen atoms in total. The lowest BCUT2D eigenvalue weighted by atomic mass is 10.0. The molecule has 0 fully saturated rings. The van der Waals surface area contributed by atoms with Gasteiger partial charge in [-0.1, -0.05) is 46.4 Å². The molecule has 0 aliphatic heterocycles. The van der Waals surface area contributed by atoms with E-state index in [1.165, 1.54) is 0 Å². The molecule has 0 amide bonds. The molecule has 1 aromatic carbocycles. The van der Waals surface area contributed by atoms with E-state index in [1.807, 2.05) is 0 Å². The maximum absolute atomic E-state index is 13.8. The van der Waals surface area contributed by atoms with Crippen LogP contribution in [0.2, 0.25) is 20.1 Å². The summed E-state index contributed by atoms with van der Waals surface area (Å²) >= 11 is 22.6. The maximum Gasteiger partial charge on any atom is 0.303 e. The molecule has 1 N–H and O–H groups in total. The zero-order chi connectivity index (χ0) is 14.1. The summed E-state index contributed by atoms with van der Waals surface area (Å²) < 4.78 is 27.6. The summed E-state index contributed by atoms with van der Waals surface area (Å²) in [5, 5.41) is 7.30. The van der Waals surface area contributed by atoms with E-state index in [0.717, 1.165) is 6.07 Å². The molecule has 0 atom stereocenters. The number of carboxylic acid groups (broad SMARTS) is 1. The second-order valence-corrected chi connectivity index (χ2v) is 5.01. The van der Waals surface area contributed by atoms with Crippen molar-refractivity contribution in [3.05, 3.63) is 31.7 Å². The molecule has 0 heterocycles. The Morgan fingerprint density at radius 2 is 1.72 bits per heavy atom. The summed E-state index contributed by atoms with van der Waals surface area (Å²) in [4.78, 5) is 10.3. The predicted molar refractivity (Wildman–Crippen MR) is 67.2 cm³/mol. The first kappa shape index (κ1) is 15.8. The lowest BCUT2D eigenvalue weighted by molar-refractivity contribution is -0.139. The van der Waals surface area contributed by atoms with Gasteiger partial charge in [-0.2, -0.15) is 0 Å². The van der Waals surface area contributed by atoms with Crippen LogP contribution >= 0.6 is 46.4 Å². The average Bonchev–Trinajstić information content (AvgIpc) is 2.23. The largest absolute Gasteiger partial charge is 0.481 e. The van der Waals surface area contributed by atoms with Crippen LogP contribution in [0.3, 0.4) is 0 Å². The van der Waals surface area contributed by atoms with Gasteiger partial charge in [-0.25, -0.2) is 8.78 Å². The summed E-state index contributed by atoms with van der Waals surface area (Å²) in [6.45, 7) is 0. The van der Waals surface area contributed by atoms with Crippen molar-refractivity contribution in [2.24, 2.45) is 0 Å². The zero-order valence-corrected chi connectivity index (χ0v) is 11.6. The number of hydrogen-bond acceptors (Lipinski definition) is 1. The number of alkyl halides is 2. The Labute approximate surface area is 121 Å². The van der Waals surface area contributed by atoms with Gasteiger partial charge in [-0.15, -0.1) is 0 Å². The third-order valence-corrected chi connectivity index (χ3v) is 3.69. The van der Waals surface area contributed by atoms with Crippen molar-refractivity contribution in [1.29, 1.82) is 0 Å². The SMILES string of the molecule is O=C(O)CCC(F)(F)c1c(Cl)cc(Cl)c(Cl)c1Cl. The molecule has 0 bridgehead atoms. The van der Waals surface area contributed by atoms with E-state index in [2.05, 4.69) is 0 Å². The first-order valence-corrected chi connectivity index (χ1v) is 6.11. The number of halogens is 6. The van der Waals surface area contributed by atoms with Crippen LogP contribution in [0.1, 0.15) is 18.4 Å². The van der Waals surface area contributed by atoms with E-state index >= 15 is 0 Å². The molecule has 0 aliphatic carbocycles. The fraction of sp³-hybridized carbons (Fsp3) is 0.300. The van der Waals surface area contributed by atoms with Crippen molar-refractivity contribution in [1.82, 2.24) is 0 Å². The van der Waals surface area contributed by atoms with Crippen LogP contribution in [0.5, 0.6) is 0 Å². The van der Waals surface area contributed by atoms with Gasteiger partial charge in [0.25, 0.3) is 5.92 Å². The van der Waals surface area contributed by atoms with Crippen LogP contribution < -0.4 is 0 Å². The van der Waals surface area contributed by atoms with Gasteiger partial charge in [0.1, 0.15) is 0 Å². The van der Waals surface area contributed by atoms with Gasteiger partial charge in [-0.05, 0) is 6.07 Å². The van der Waals surface area contributed by atoms with Crippen LogP contribution in [-0.2, 0) is 10.7 Å². The van der Waals surface area contributed by atoms with Gasteiger partial charge < -0.3 is 5.11 Å². The smallest absolute Gasteiger partial charge is 0.303 e. The number of aliphatic carboxylic acids is 1. The highest BCUT2D eigenvalue weighted by Crippen LogP contribution is 2.46. The monoisotopic (exact) mass is 336 g/mol. The van der Waals surface area contributed by atoms with Crippen LogP contribution in [0, 0.1) is 0 Å². The van der Waals surface area contributed by atoms with Crippen LogP contribution in [0.25, 0.3) is 0 Å². The Morgan fingerprint density at radius 3 is 2.22 bits per heavy atom. The van der Waals surface area contributed by atoms with Crippen molar-refractivity contribution >= 4 is 52.4 Å². The molecule has 0 aliphatic rings. The molecule has 0 unspecified atom stereocenters. The molecule has 0 saturated carbocycles. The molecular formula is C10H6Cl4F2O2. The summed E-state index contributed by atoms with van der Waals surface area (Å²) in [6.07, 6.45) is -1.65. The number of carbonyl (C=O) groups is 1. The van der Waals surface area contributed by atoms with Crippen molar-refractivity contribution in [2.45, 2.75) is 18.8 Å². The zero-order valence-electron chi connectivity index (χ0n) is 8.61. The first-order chi connectivity index (χ1) is 8.16.